The third-order valence-corrected chi connectivity index (χ3v) is 3.71. The molecule has 2 rings (SSSR count). The summed E-state index contributed by atoms with van der Waals surface area (Å²) in [4.78, 5) is 26.2. The molecule has 96 valence electrons. The molecule has 0 aliphatic carbocycles. The minimum Gasteiger partial charge on any atom is -0.340 e. The average molecular weight is 246 g/mol. The molecule has 1 fully saturated rings. The number of hydrogen-bond acceptors (Lipinski definition) is 2. The van der Waals surface area contributed by atoms with E-state index in [4.69, 9.17) is 0 Å². The van der Waals surface area contributed by atoms with E-state index in [9.17, 15) is 9.59 Å². The standard InChI is InChI=1S/C14H18N2O2/c1-13(2)12(18)16(4)14(3,11(17)15-13)10-8-6-5-7-9-10/h5-9H,1-4H3,(H,15,17). The molecule has 1 aliphatic rings. The van der Waals surface area contributed by atoms with Crippen molar-refractivity contribution in [3.63, 3.8) is 0 Å². The fourth-order valence-corrected chi connectivity index (χ4v) is 2.32. The zero-order valence-electron chi connectivity index (χ0n) is 11.2. The van der Waals surface area contributed by atoms with Gasteiger partial charge in [0.1, 0.15) is 11.1 Å². The molecule has 0 aromatic heterocycles. The second-order valence-electron chi connectivity index (χ2n) is 5.38. The first kappa shape index (κ1) is 12.6. The molecule has 0 bridgehead atoms. The van der Waals surface area contributed by atoms with Crippen LogP contribution in [-0.4, -0.2) is 29.3 Å². The molecule has 2 amide bonds. The average Bonchev–Trinajstić information content (AvgIpc) is 2.35. The maximum atomic E-state index is 12.4. The topological polar surface area (TPSA) is 49.4 Å². The van der Waals surface area contributed by atoms with E-state index in [-0.39, 0.29) is 11.8 Å². The minimum atomic E-state index is -0.951. The highest BCUT2D eigenvalue weighted by Crippen LogP contribution is 2.33. The SMILES string of the molecule is CN1C(=O)C(C)(C)NC(=O)C1(C)c1ccccc1. The van der Waals surface area contributed by atoms with Crippen molar-refractivity contribution < 1.29 is 9.59 Å². The van der Waals surface area contributed by atoms with Crippen molar-refractivity contribution in [1.29, 1.82) is 0 Å². The van der Waals surface area contributed by atoms with Crippen molar-refractivity contribution in [2.75, 3.05) is 7.05 Å². The van der Waals surface area contributed by atoms with Gasteiger partial charge in [-0.05, 0) is 26.3 Å². The van der Waals surface area contributed by atoms with E-state index >= 15 is 0 Å². The second-order valence-corrected chi connectivity index (χ2v) is 5.38. The predicted molar refractivity (Wildman–Crippen MR) is 68.8 cm³/mol. The van der Waals surface area contributed by atoms with E-state index < -0.39 is 11.1 Å². The molecule has 1 N–H and O–H groups in total. The second kappa shape index (κ2) is 3.83. The first-order valence-corrected chi connectivity index (χ1v) is 5.96. The minimum absolute atomic E-state index is 0.0894. The molecule has 1 saturated heterocycles. The Labute approximate surface area is 107 Å². The van der Waals surface area contributed by atoms with Gasteiger partial charge in [0.15, 0.2) is 0 Å². The van der Waals surface area contributed by atoms with Gasteiger partial charge in [0.25, 0.3) is 5.91 Å². The van der Waals surface area contributed by atoms with Crippen LogP contribution < -0.4 is 5.32 Å². The Bertz CT molecular complexity index is 496. The molecule has 4 nitrogen and oxygen atoms in total. The van der Waals surface area contributed by atoms with Gasteiger partial charge in [-0.1, -0.05) is 30.3 Å². The van der Waals surface area contributed by atoms with Crippen LogP contribution in [0.15, 0.2) is 30.3 Å². The largest absolute Gasteiger partial charge is 0.340 e. The highest BCUT2D eigenvalue weighted by molar-refractivity contribution is 6.01. The number of carbonyl (C=O) groups is 2. The van der Waals surface area contributed by atoms with Crippen LogP contribution in [0.25, 0.3) is 0 Å². The lowest BCUT2D eigenvalue weighted by atomic mass is 9.83. The summed E-state index contributed by atoms with van der Waals surface area (Å²) in [5.41, 5.74) is -0.984. The lowest BCUT2D eigenvalue weighted by Crippen LogP contribution is -2.70. The smallest absolute Gasteiger partial charge is 0.251 e. The summed E-state index contributed by atoms with van der Waals surface area (Å²) >= 11 is 0. The molecule has 4 heteroatoms. The quantitative estimate of drug-likeness (QED) is 0.811. The van der Waals surface area contributed by atoms with Gasteiger partial charge < -0.3 is 10.2 Å². The fraction of sp³-hybridized carbons (Fsp3) is 0.429. The molecule has 18 heavy (non-hydrogen) atoms. The Kier molecular flexibility index (Phi) is 2.69. The summed E-state index contributed by atoms with van der Waals surface area (Å²) in [6.45, 7) is 5.20. The van der Waals surface area contributed by atoms with Gasteiger partial charge in [-0.3, -0.25) is 9.59 Å². The monoisotopic (exact) mass is 246 g/mol. The van der Waals surface area contributed by atoms with Crippen LogP contribution in [0.5, 0.6) is 0 Å². The number of likely N-dealkylation sites (N-methyl/N-ethyl adjacent to an activating group) is 1. The Balaban J connectivity index is 2.51. The van der Waals surface area contributed by atoms with Crippen LogP contribution in [0.3, 0.4) is 0 Å². The number of carbonyl (C=O) groups excluding carboxylic acids is 2. The van der Waals surface area contributed by atoms with Crippen LogP contribution in [-0.2, 0) is 15.1 Å². The summed E-state index contributed by atoms with van der Waals surface area (Å²) in [6, 6.07) is 9.35. The summed E-state index contributed by atoms with van der Waals surface area (Å²) in [5, 5.41) is 2.79. The van der Waals surface area contributed by atoms with Crippen LogP contribution in [0, 0.1) is 0 Å². The van der Waals surface area contributed by atoms with Gasteiger partial charge in [-0.2, -0.15) is 0 Å². The molecule has 1 aromatic carbocycles. The van der Waals surface area contributed by atoms with E-state index in [0.717, 1.165) is 5.56 Å². The number of amides is 2. The van der Waals surface area contributed by atoms with E-state index in [1.165, 1.54) is 4.90 Å². The number of hydrogen-bond donors (Lipinski definition) is 1. The molecule has 1 aliphatic heterocycles. The molecule has 0 saturated carbocycles. The highest BCUT2D eigenvalue weighted by atomic mass is 16.2. The molecular formula is C14H18N2O2. The third-order valence-electron chi connectivity index (χ3n) is 3.71. The number of benzene rings is 1. The maximum Gasteiger partial charge on any atom is 0.251 e. The Hall–Kier alpha value is -1.84. The fourth-order valence-electron chi connectivity index (χ4n) is 2.32. The Morgan fingerprint density at radius 2 is 1.61 bits per heavy atom. The molecule has 1 atom stereocenters. The van der Waals surface area contributed by atoms with Crippen molar-refractivity contribution in [3.05, 3.63) is 35.9 Å². The maximum absolute atomic E-state index is 12.4. The van der Waals surface area contributed by atoms with E-state index in [1.807, 2.05) is 30.3 Å². The van der Waals surface area contributed by atoms with Crippen molar-refractivity contribution >= 4 is 11.8 Å². The van der Waals surface area contributed by atoms with Crippen molar-refractivity contribution in [1.82, 2.24) is 10.2 Å². The Morgan fingerprint density at radius 1 is 1.06 bits per heavy atom. The molecule has 1 aromatic rings. The summed E-state index contributed by atoms with van der Waals surface area (Å²) in [7, 11) is 1.68. The summed E-state index contributed by atoms with van der Waals surface area (Å²) in [5.74, 6) is -0.241. The normalized spacial score (nSPS) is 27.0. The van der Waals surface area contributed by atoms with Crippen molar-refractivity contribution in [3.8, 4) is 0 Å². The molecule has 0 radical (unpaired) electrons. The van der Waals surface area contributed by atoms with Crippen LogP contribution in [0.2, 0.25) is 0 Å². The van der Waals surface area contributed by atoms with Crippen LogP contribution >= 0.6 is 0 Å². The van der Waals surface area contributed by atoms with Gasteiger partial charge in [-0.15, -0.1) is 0 Å². The predicted octanol–water partition coefficient (Wildman–Crippen LogP) is 1.27. The van der Waals surface area contributed by atoms with Gasteiger partial charge in [0, 0.05) is 7.05 Å². The van der Waals surface area contributed by atoms with Crippen molar-refractivity contribution in [2.24, 2.45) is 0 Å². The van der Waals surface area contributed by atoms with Crippen LogP contribution in [0.1, 0.15) is 26.3 Å². The van der Waals surface area contributed by atoms with E-state index in [1.54, 1.807) is 27.8 Å². The van der Waals surface area contributed by atoms with Crippen LogP contribution in [0.4, 0.5) is 0 Å². The first-order chi connectivity index (χ1) is 8.30. The highest BCUT2D eigenvalue weighted by Gasteiger charge is 2.51. The summed E-state index contributed by atoms with van der Waals surface area (Å²) < 4.78 is 0. The van der Waals surface area contributed by atoms with Gasteiger partial charge in [0.05, 0.1) is 0 Å². The Morgan fingerprint density at radius 3 is 2.17 bits per heavy atom. The first-order valence-electron chi connectivity index (χ1n) is 5.96. The van der Waals surface area contributed by atoms with Gasteiger partial charge >= 0.3 is 0 Å². The van der Waals surface area contributed by atoms with E-state index in [0.29, 0.717) is 0 Å². The zero-order valence-corrected chi connectivity index (χ0v) is 11.2. The van der Waals surface area contributed by atoms with Gasteiger partial charge in [0.2, 0.25) is 5.91 Å². The number of nitrogens with zero attached hydrogens (tertiary/aromatic N) is 1. The molecule has 0 spiro atoms. The lowest BCUT2D eigenvalue weighted by Gasteiger charge is -2.47. The molecular weight excluding hydrogens is 228 g/mol. The zero-order chi connectivity index (χ0) is 13.6. The summed E-state index contributed by atoms with van der Waals surface area (Å²) in [6.07, 6.45) is 0. The lowest BCUT2D eigenvalue weighted by molar-refractivity contribution is -0.159. The molecule has 1 heterocycles. The van der Waals surface area contributed by atoms with Gasteiger partial charge in [-0.25, -0.2) is 0 Å². The number of nitrogens with one attached hydrogen (secondary N) is 1. The molecule has 1 unspecified atom stereocenters. The number of piperazine rings is 1. The third kappa shape index (κ3) is 1.60. The van der Waals surface area contributed by atoms with Crippen molar-refractivity contribution in [2.45, 2.75) is 31.8 Å². The number of rotatable bonds is 1. The van der Waals surface area contributed by atoms with E-state index in [2.05, 4.69) is 5.32 Å².